The molecule has 1 aliphatic rings. The lowest BCUT2D eigenvalue weighted by Gasteiger charge is -2.40. The van der Waals surface area contributed by atoms with E-state index in [1.807, 2.05) is 0 Å². The molecule has 1 saturated carbocycles. The van der Waals surface area contributed by atoms with Crippen molar-refractivity contribution in [1.82, 2.24) is 0 Å². The summed E-state index contributed by atoms with van der Waals surface area (Å²) in [5.74, 6) is 0.417. The topological polar surface area (TPSA) is 26.3 Å². The van der Waals surface area contributed by atoms with Crippen molar-refractivity contribution >= 4 is 5.97 Å². The zero-order valence-electron chi connectivity index (χ0n) is 11.5. The van der Waals surface area contributed by atoms with Crippen LogP contribution in [0.1, 0.15) is 38.7 Å². The van der Waals surface area contributed by atoms with Gasteiger partial charge in [-0.2, -0.15) is 0 Å². The fourth-order valence-corrected chi connectivity index (χ4v) is 3.32. The standard InChI is InChI=1S/C16H22O2/c1-12-11-16(2,13-7-5-4-6-8-13)10-9-14(12)15(17)18-3/h4-8,12,14H,9-11H2,1-3H3. The van der Waals surface area contributed by atoms with Crippen LogP contribution in [-0.2, 0) is 14.9 Å². The van der Waals surface area contributed by atoms with E-state index in [1.54, 1.807) is 0 Å². The van der Waals surface area contributed by atoms with Crippen LogP contribution >= 0.6 is 0 Å². The highest BCUT2D eigenvalue weighted by molar-refractivity contribution is 5.72. The third-order valence-electron chi connectivity index (χ3n) is 4.44. The summed E-state index contributed by atoms with van der Waals surface area (Å²) in [5, 5.41) is 0. The maximum atomic E-state index is 11.7. The first kappa shape index (κ1) is 13.1. The minimum Gasteiger partial charge on any atom is -0.469 e. The first-order valence-electron chi connectivity index (χ1n) is 6.70. The molecular formula is C16H22O2. The fourth-order valence-electron chi connectivity index (χ4n) is 3.32. The monoisotopic (exact) mass is 246 g/mol. The number of esters is 1. The van der Waals surface area contributed by atoms with Crippen molar-refractivity contribution < 1.29 is 9.53 Å². The molecule has 0 bridgehead atoms. The summed E-state index contributed by atoms with van der Waals surface area (Å²) in [6, 6.07) is 10.6. The Morgan fingerprint density at radius 1 is 1.33 bits per heavy atom. The molecule has 18 heavy (non-hydrogen) atoms. The predicted molar refractivity (Wildman–Crippen MR) is 72.3 cm³/mol. The number of methoxy groups -OCH3 is 1. The van der Waals surface area contributed by atoms with Gasteiger partial charge in [0, 0.05) is 0 Å². The zero-order chi connectivity index (χ0) is 13.2. The largest absolute Gasteiger partial charge is 0.469 e. The van der Waals surface area contributed by atoms with Crippen molar-refractivity contribution in [2.75, 3.05) is 7.11 Å². The van der Waals surface area contributed by atoms with E-state index in [-0.39, 0.29) is 17.3 Å². The lowest BCUT2D eigenvalue weighted by atomic mass is 9.64. The molecule has 0 heterocycles. The van der Waals surface area contributed by atoms with Crippen molar-refractivity contribution in [2.24, 2.45) is 11.8 Å². The second-order valence-corrected chi connectivity index (χ2v) is 5.78. The van der Waals surface area contributed by atoms with Gasteiger partial charge in [0.2, 0.25) is 0 Å². The zero-order valence-corrected chi connectivity index (χ0v) is 11.5. The Hall–Kier alpha value is -1.31. The molecule has 3 atom stereocenters. The van der Waals surface area contributed by atoms with Gasteiger partial charge in [-0.1, -0.05) is 44.2 Å². The highest BCUT2D eigenvalue weighted by atomic mass is 16.5. The average Bonchev–Trinajstić information content (AvgIpc) is 2.39. The van der Waals surface area contributed by atoms with Gasteiger partial charge in [-0.3, -0.25) is 4.79 Å². The van der Waals surface area contributed by atoms with E-state index >= 15 is 0 Å². The van der Waals surface area contributed by atoms with E-state index in [0.29, 0.717) is 5.92 Å². The van der Waals surface area contributed by atoms with Crippen molar-refractivity contribution in [3.05, 3.63) is 35.9 Å². The SMILES string of the molecule is COC(=O)C1CCC(C)(c2ccccc2)CC1C. The number of carbonyl (C=O) groups is 1. The van der Waals surface area contributed by atoms with E-state index in [0.717, 1.165) is 19.3 Å². The molecule has 0 N–H and O–H groups in total. The van der Waals surface area contributed by atoms with Crippen molar-refractivity contribution in [2.45, 2.75) is 38.5 Å². The van der Waals surface area contributed by atoms with Gasteiger partial charge >= 0.3 is 5.97 Å². The maximum Gasteiger partial charge on any atom is 0.308 e. The molecular weight excluding hydrogens is 224 g/mol. The van der Waals surface area contributed by atoms with Gasteiger partial charge in [-0.15, -0.1) is 0 Å². The molecule has 2 rings (SSSR count). The normalized spacial score (nSPS) is 31.9. The van der Waals surface area contributed by atoms with Crippen molar-refractivity contribution in [1.29, 1.82) is 0 Å². The van der Waals surface area contributed by atoms with Gasteiger partial charge in [-0.25, -0.2) is 0 Å². The second kappa shape index (κ2) is 5.13. The molecule has 1 aromatic carbocycles. The van der Waals surface area contributed by atoms with Crippen molar-refractivity contribution in [3.8, 4) is 0 Å². The smallest absolute Gasteiger partial charge is 0.308 e. The van der Waals surface area contributed by atoms with Gasteiger partial charge in [0.1, 0.15) is 0 Å². The Morgan fingerprint density at radius 3 is 2.56 bits per heavy atom. The molecule has 1 aliphatic carbocycles. The molecule has 0 amide bonds. The number of ether oxygens (including phenoxy) is 1. The molecule has 1 fully saturated rings. The van der Waals surface area contributed by atoms with Gasteiger partial charge in [0.15, 0.2) is 0 Å². The minimum atomic E-state index is -0.0439. The number of benzene rings is 1. The molecule has 2 nitrogen and oxygen atoms in total. The molecule has 0 radical (unpaired) electrons. The first-order valence-corrected chi connectivity index (χ1v) is 6.70. The van der Waals surface area contributed by atoms with Crippen LogP contribution in [0.25, 0.3) is 0 Å². The Balaban J connectivity index is 2.14. The summed E-state index contributed by atoms with van der Waals surface area (Å²) in [7, 11) is 1.49. The fraction of sp³-hybridized carbons (Fsp3) is 0.562. The Bertz CT molecular complexity index is 412. The van der Waals surface area contributed by atoms with Crippen LogP contribution in [0.15, 0.2) is 30.3 Å². The van der Waals surface area contributed by atoms with Crippen LogP contribution in [0, 0.1) is 11.8 Å². The van der Waals surface area contributed by atoms with E-state index < -0.39 is 0 Å². The van der Waals surface area contributed by atoms with Crippen LogP contribution < -0.4 is 0 Å². The van der Waals surface area contributed by atoms with Crippen LogP contribution in [0.5, 0.6) is 0 Å². The minimum absolute atomic E-state index is 0.0439. The second-order valence-electron chi connectivity index (χ2n) is 5.78. The Morgan fingerprint density at radius 2 is 2.00 bits per heavy atom. The molecule has 98 valence electrons. The van der Waals surface area contributed by atoms with Crippen molar-refractivity contribution in [3.63, 3.8) is 0 Å². The predicted octanol–water partition coefficient (Wildman–Crippen LogP) is 3.55. The van der Waals surface area contributed by atoms with Gasteiger partial charge in [0.05, 0.1) is 13.0 Å². The summed E-state index contributed by atoms with van der Waals surface area (Å²) in [6.45, 7) is 4.48. The summed E-state index contributed by atoms with van der Waals surface area (Å²) >= 11 is 0. The Labute approximate surface area is 109 Å². The number of rotatable bonds is 2. The van der Waals surface area contributed by atoms with E-state index in [2.05, 4.69) is 44.2 Å². The van der Waals surface area contributed by atoms with Crippen LogP contribution in [0.3, 0.4) is 0 Å². The van der Waals surface area contributed by atoms with E-state index in [9.17, 15) is 4.79 Å². The lowest BCUT2D eigenvalue weighted by Crippen LogP contribution is -2.37. The van der Waals surface area contributed by atoms with Crippen LogP contribution in [0.2, 0.25) is 0 Å². The highest BCUT2D eigenvalue weighted by Crippen LogP contribution is 2.44. The number of hydrogen-bond acceptors (Lipinski definition) is 2. The summed E-state index contributed by atoms with van der Waals surface area (Å²) in [5.41, 5.74) is 1.59. The molecule has 0 spiro atoms. The van der Waals surface area contributed by atoms with Gasteiger partial charge in [-0.05, 0) is 36.2 Å². The number of hydrogen-bond donors (Lipinski definition) is 0. The molecule has 1 aromatic rings. The van der Waals surface area contributed by atoms with Crippen LogP contribution in [-0.4, -0.2) is 13.1 Å². The first-order chi connectivity index (χ1) is 8.57. The molecule has 0 aliphatic heterocycles. The molecule has 0 saturated heterocycles. The summed E-state index contributed by atoms with van der Waals surface area (Å²) in [4.78, 5) is 11.7. The maximum absolute atomic E-state index is 11.7. The van der Waals surface area contributed by atoms with Gasteiger partial charge in [0.25, 0.3) is 0 Å². The lowest BCUT2D eigenvalue weighted by molar-refractivity contribution is -0.149. The number of carbonyl (C=O) groups excluding carboxylic acids is 1. The third kappa shape index (κ3) is 2.43. The molecule has 3 unspecified atom stereocenters. The van der Waals surface area contributed by atoms with Gasteiger partial charge < -0.3 is 4.74 Å². The van der Waals surface area contributed by atoms with E-state index in [4.69, 9.17) is 4.74 Å². The molecule has 2 heteroatoms. The third-order valence-corrected chi connectivity index (χ3v) is 4.44. The van der Waals surface area contributed by atoms with Crippen LogP contribution in [0.4, 0.5) is 0 Å². The summed E-state index contributed by atoms with van der Waals surface area (Å²) in [6.07, 6.45) is 3.04. The highest BCUT2D eigenvalue weighted by Gasteiger charge is 2.39. The Kier molecular flexibility index (Phi) is 3.74. The van der Waals surface area contributed by atoms with E-state index in [1.165, 1.54) is 12.7 Å². The summed E-state index contributed by atoms with van der Waals surface area (Å²) < 4.78 is 4.90. The quantitative estimate of drug-likeness (QED) is 0.746. The molecule has 0 aromatic heterocycles. The average molecular weight is 246 g/mol.